The second-order valence-electron chi connectivity index (χ2n) is 3.99. The summed E-state index contributed by atoms with van der Waals surface area (Å²) in [4.78, 5) is 18.1. The van der Waals surface area contributed by atoms with Gasteiger partial charge in [-0.15, -0.1) is 0 Å². The van der Waals surface area contributed by atoms with Gasteiger partial charge < -0.3 is 15.4 Å². The molecule has 0 aliphatic heterocycles. The molecule has 1 atom stereocenters. The van der Waals surface area contributed by atoms with Crippen LogP contribution in [0, 0.1) is 5.82 Å². The number of amides is 1. The van der Waals surface area contributed by atoms with Crippen LogP contribution in [0.1, 0.15) is 10.4 Å². The number of halogens is 4. The number of hydrogen-bond acceptors (Lipinski definition) is 3. The number of benzene rings is 1. The van der Waals surface area contributed by atoms with Gasteiger partial charge in [-0.05, 0) is 12.1 Å². The summed E-state index contributed by atoms with van der Waals surface area (Å²) in [5.41, 5.74) is -0.102. The van der Waals surface area contributed by atoms with E-state index in [-0.39, 0.29) is 5.52 Å². The minimum Gasteiger partial charge on any atom is -0.382 e. The first-order valence-electron chi connectivity index (χ1n) is 5.45. The topological polar surface area (TPSA) is 78.0 Å². The van der Waals surface area contributed by atoms with Crippen molar-refractivity contribution in [3.05, 3.63) is 29.8 Å². The van der Waals surface area contributed by atoms with Crippen LogP contribution in [0.15, 0.2) is 18.5 Å². The number of hydrogen-bond donors (Lipinski definition) is 3. The maximum absolute atomic E-state index is 13.6. The lowest BCUT2D eigenvalue weighted by atomic mass is 10.1. The van der Waals surface area contributed by atoms with Crippen LogP contribution in [0.3, 0.4) is 0 Å². The van der Waals surface area contributed by atoms with E-state index in [0.29, 0.717) is 5.52 Å². The van der Waals surface area contributed by atoms with E-state index in [9.17, 15) is 22.4 Å². The molecule has 0 aliphatic rings. The number of aromatic nitrogens is 2. The molecule has 0 radical (unpaired) electrons. The Morgan fingerprint density at radius 3 is 2.80 bits per heavy atom. The minimum absolute atomic E-state index is 0.00370. The third-order valence-corrected chi connectivity index (χ3v) is 2.60. The number of alkyl halides is 3. The van der Waals surface area contributed by atoms with Gasteiger partial charge in [0.15, 0.2) is 6.10 Å². The number of carbonyl (C=O) groups excluding carboxylic acids is 1. The van der Waals surface area contributed by atoms with Crippen LogP contribution in [-0.4, -0.2) is 39.8 Å². The van der Waals surface area contributed by atoms with Crippen LogP contribution in [0.25, 0.3) is 11.0 Å². The Kier molecular flexibility index (Phi) is 3.62. The normalized spacial score (nSPS) is 13.4. The van der Waals surface area contributed by atoms with Crippen LogP contribution < -0.4 is 5.32 Å². The highest BCUT2D eigenvalue weighted by atomic mass is 19.4. The van der Waals surface area contributed by atoms with Crippen molar-refractivity contribution in [1.29, 1.82) is 0 Å². The summed E-state index contributed by atoms with van der Waals surface area (Å²) < 4.78 is 49.9. The number of rotatable bonds is 3. The Bertz CT molecular complexity index is 638. The Balaban J connectivity index is 2.20. The quantitative estimate of drug-likeness (QED) is 0.747. The van der Waals surface area contributed by atoms with Gasteiger partial charge in [-0.3, -0.25) is 4.79 Å². The molecule has 20 heavy (non-hydrogen) atoms. The zero-order valence-electron chi connectivity index (χ0n) is 9.83. The number of imidazole rings is 1. The summed E-state index contributed by atoms with van der Waals surface area (Å²) >= 11 is 0. The summed E-state index contributed by atoms with van der Waals surface area (Å²) in [6, 6.07) is 2.34. The predicted molar refractivity (Wildman–Crippen MR) is 60.4 cm³/mol. The highest BCUT2D eigenvalue weighted by molar-refractivity contribution is 6.05. The van der Waals surface area contributed by atoms with Gasteiger partial charge in [0.25, 0.3) is 5.91 Å². The van der Waals surface area contributed by atoms with E-state index in [0.717, 1.165) is 6.07 Å². The zero-order chi connectivity index (χ0) is 14.9. The molecule has 2 aromatic rings. The maximum atomic E-state index is 13.6. The van der Waals surface area contributed by atoms with E-state index >= 15 is 0 Å². The number of carbonyl (C=O) groups is 1. The lowest BCUT2D eigenvalue weighted by Crippen LogP contribution is -2.41. The number of nitrogens with one attached hydrogen (secondary N) is 2. The van der Waals surface area contributed by atoms with Gasteiger partial charge in [-0.2, -0.15) is 13.2 Å². The van der Waals surface area contributed by atoms with Gasteiger partial charge in [0.1, 0.15) is 16.9 Å². The Hall–Kier alpha value is -2.16. The van der Waals surface area contributed by atoms with Gasteiger partial charge in [0.05, 0.1) is 18.4 Å². The fraction of sp³-hybridized carbons (Fsp3) is 0.273. The molecule has 5 nitrogen and oxygen atoms in total. The molecule has 0 unspecified atom stereocenters. The van der Waals surface area contributed by atoms with E-state index in [1.54, 1.807) is 0 Å². The Morgan fingerprint density at radius 2 is 2.15 bits per heavy atom. The number of aliphatic hydroxyl groups is 1. The molecule has 0 saturated heterocycles. The lowest BCUT2D eigenvalue weighted by molar-refractivity contribution is -0.201. The van der Waals surface area contributed by atoms with E-state index in [4.69, 9.17) is 5.11 Å². The first-order valence-corrected chi connectivity index (χ1v) is 5.45. The fourth-order valence-corrected chi connectivity index (χ4v) is 1.59. The third kappa shape index (κ3) is 2.72. The van der Waals surface area contributed by atoms with Crippen molar-refractivity contribution in [2.75, 3.05) is 6.54 Å². The van der Waals surface area contributed by atoms with E-state index < -0.39 is 36.1 Å². The van der Waals surface area contributed by atoms with Gasteiger partial charge in [0.2, 0.25) is 0 Å². The van der Waals surface area contributed by atoms with Crippen LogP contribution >= 0.6 is 0 Å². The maximum Gasteiger partial charge on any atom is 0.416 e. The van der Waals surface area contributed by atoms with E-state index in [1.165, 1.54) is 12.4 Å². The molecule has 1 amide bonds. The first-order chi connectivity index (χ1) is 9.30. The fourth-order valence-electron chi connectivity index (χ4n) is 1.59. The molecule has 108 valence electrons. The second-order valence-corrected chi connectivity index (χ2v) is 3.99. The number of aromatic amines is 1. The number of H-pyrrole nitrogens is 1. The van der Waals surface area contributed by atoms with Crippen molar-refractivity contribution in [3.8, 4) is 0 Å². The molecule has 3 N–H and O–H groups in total. The van der Waals surface area contributed by atoms with Gasteiger partial charge >= 0.3 is 6.18 Å². The Labute approximate surface area is 109 Å². The van der Waals surface area contributed by atoms with Crippen LogP contribution in [0.2, 0.25) is 0 Å². The molecule has 1 heterocycles. The standard InChI is InChI=1S/C11H9F4N3O2/c12-5-1-2-6-9(18-4-17-6)8(5)10(20)16-3-7(19)11(13,14)15/h1-2,4,7,19H,3H2,(H,16,20)(H,17,18)/t7-/m0/s1. The van der Waals surface area contributed by atoms with E-state index in [1.807, 2.05) is 5.32 Å². The lowest BCUT2D eigenvalue weighted by Gasteiger charge is -2.15. The zero-order valence-corrected chi connectivity index (χ0v) is 9.83. The molecule has 1 aromatic carbocycles. The van der Waals surface area contributed by atoms with Crippen molar-refractivity contribution in [1.82, 2.24) is 15.3 Å². The highest BCUT2D eigenvalue weighted by Crippen LogP contribution is 2.20. The smallest absolute Gasteiger partial charge is 0.382 e. The molecule has 9 heteroatoms. The van der Waals surface area contributed by atoms with Gasteiger partial charge in [-0.1, -0.05) is 0 Å². The molecular formula is C11H9F4N3O2. The number of nitrogens with zero attached hydrogens (tertiary/aromatic N) is 1. The van der Waals surface area contributed by atoms with Crippen LogP contribution in [-0.2, 0) is 0 Å². The molecule has 0 fully saturated rings. The van der Waals surface area contributed by atoms with Crippen molar-refractivity contribution >= 4 is 16.9 Å². The monoisotopic (exact) mass is 291 g/mol. The SMILES string of the molecule is O=C(NC[C@H](O)C(F)(F)F)c1c(F)ccc2[nH]cnc12. The first kappa shape index (κ1) is 14.3. The van der Waals surface area contributed by atoms with Crippen molar-refractivity contribution in [3.63, 3.8) is 0 Å². The van der Waals surface area contributed by atoms with Crippen molar-refractivity contribution < 1.29 is 27.5 Å². The Morgan fingerprint density at radius 1 is 1.45 bits per heavy atom. The second kappa shape index (κ2) is 5.08. The van der Waals surface area contributed by atoms with Crippen LogP contribution in [0.4, 0.5) is 17.6 Å². The summed E-state index contributed by atoms with van der Waals surface area (Å²) in [6.45, 7) is -1.07. The molecule has 1 aromatic heterocycles. The average Bonchev–Trinajstić information content (AvgIpc) is 2.82. The molecule has 0 bridgehead atoms. The summed E-state index contributed by atoms with van der Waals surface area (Å²) in [5.74, 6) is -1.99. The number of aliphatic hydroxyl groups excluding tert-OH is 1. The highest BCUT2D eigenvalue weighted by Gasteiger charge is 2.38. The summed E-state index contributed by atoms with van der Waals surface area (Å²) in [6.07, 6.45) is -6.34. The molecule has 0 saturated carbocycles. The molecule has 0 aliphatic carbocycles. The van der Waals surface area contributed by atoms with Crippen molar-refractivity contribution in [2.45, 2.75) is 12.3 Å². The minimum atomic E-state index is -4.86. The summed E-state index contributed by atoms with van der Waals surface area (Å²) in [5, 5.41) is 10.6. The van der Waals surface area contributed by atoms with Crippen LogP contribution in [0.5, 0.6) is 0 Å². The van der Waals surface area contributed by atoms with Gasteiger partial charge in [-0.25, -0.2) is 9.37 Å². The predicted octanol–water partition coefficient (Wildman–Crippen LogP) is 1.35. The molecular weight excluding hydrogens is 282 g/mol. The molecule has 2 rings (SSSR count). The van der Waals surface area contributed by atoms with E-state index in [2.05, 4.69) is 9.97 Å². The van der Waals surface area contributed by atoms with Gasteiger partial charge in [0, 0.05) is 0 Å². The van der Waals surface area contributed by atoms with Crippen molar-refractivity contribution in [2.24, 2.45) is 0 Å². The summed E-state index contributed by atoms with van der Waals surface area (Å²) in [7, 11) is 0. The largest absolute Gasteiger partial charge is 0.416 e. The average molecular weight is 291 g/mol. The molecule has 0 spiro atoms. The number of fused-ring (bicyclic) bond motifs is 1. The third-order valence-electron chi connectivity index (χ3n) is 2.60.